The number of hydrogen-bond acceptors (Lipinski definition) is 6. The van der Waals surface area contributed by atoms with Crippen molar-refractivity contribution in [2.45, 2.75) is 55.4 Å². The molecule has 3 aromatic heterocycles. The fourth-order valence-corrected chi connectivity index (χ4v) is 6.48. The molecular formula is C19H23N5O4S2. The third-order valence-electron chi connectivity index (χ3n) is 5.75. The van der Waals surface area contributed by atoms with Crippen LogP contribution in [-0.4, -0.2) is 32.9 Å². The largest absolute Gasteiger partial charge is 0.332 e. The minimum atomic E-state index is -3.75. The normalized spacial score (nSPS) is 18.2. The zero-order chi connectivity index (χ0) is 21.3. The van der Waals surface area contributed by atoms with Crippen LogP contribution in [0.1, 0.15) is 38.2 Å². The topological polar surface area (TPSA) is 108 Å². The second kappa shape index (κ2) is 6.63. The summed E-state index contributed by atoms with van der Waals surface area (Å²) < 4.78 is 32.9. The third-order valence-corrected chi connectivity index (χ3v) is 9.02. The van der Waals surface area contributed by atoms with Crippen molar-refractivity contribution in [2.75, 3.05) is 0 Å². The van der Waals surface area contributed by atoms with Gasteiger partial charge in [0, 0.05) is 30.9 Å². The van der Waals surface area contributed by atoms with E-state index in [-0.39, 0.29) is 16.1 Å². The molecule has 3 heterocycles. The van der Waals surface area contributed by atoms with Gasteiger partial charge in [0.15, 0.2) is 0 Å². The Balaban J connectivity index is 1.66. The molecule has 3 aromatic rings. The molecule has 0 amide bonds. The number of sulfonamides is 1. The molecule has 5 rings (SSSR count). The summed E-state index contributed by atoms with van der Waals surface area (Å²) in [5.74, 6) is 0.390. The molecule has 0 aliphatic heterocycles. The van der Waals surface area contributed by atoms with E-state index in [9.17, 15) is 18.0 Å². The average molecular weight is 450 g/mol. The highest BCUT2D eigenvalue weighted by atomic mass is 32.2. The molecule has 2 fully saturated rings. The quantitative estimate of drug-likeness (QED) is 0.584. The van der Waals surface area contributed by atoms with E-state index in [1.807, 2.05) is 6.92 Å². The number of thiophene rings is 1. The maximum Gasteiger partial charge on any atom is 0.332 e. The maximum absolute atomic E-state index is 13.2. The van der Waals surface area contributed by atoms with E-state index < -0.39 is 26.8 Å². The number of nitrogens with zero attached hydrogens (tertiary/aromatic N) is 4. The molecule has 9 nitrogen and oxygen atoms in total. The molecular weight excluding hydrogens is 426 g/mol. The van der Waals surface area contributed by atoms with E-state index in [2.05, 4.69) is 9.82 Å². The van der Waals surface area contributed by atoms with Crippen LogP contribution in [0.3, 0.4) is 0 Å². The van der Waals surface area contributed by atoms with Gasteiger partial charge < -0.3 is 0 Å². The fraction of sp³-hybridized carbons (Fsp3) is 0.526. The highest BCUT2D eigenvalue weighted by Gasteiger charge is 2.42. The Morgan fingerprint density at radius 1 is 1.27 bits per heavy atom. The Kier molecular flexibility index (Phi) is 4.35. The minimum absolute atomic E-state index is 0.0748. The molecule has 30 heavy (non-hydrogen) atoms. The second-order valence-corrected chi connectivity index (χ2v) is 11.6. The fourth-order valence-electron chi connectivity index (χ4n) is 3.57. The second-order valence-electron chi connectivity index (χ2n) is 8.70. The van der Waals surface area contributed by atoms with Crippen LogP contribution in [-0.2, 0) is 30.2 Å². The van der Waals surface area contributed by atoms with Gasteiger partial charge in [-0.1, -0.05) is 0 Å². The summed E-state index contributed by atoms with van der Waals surface area (Å²) in [6, 6.07) is 1.42. The van der Waals surface area contributed by atoms with E-state index in [1.165, 1.54) is 10.6 Å². The number of fused-ring (bicyclic) bond motifs is 1. The highest BCUT2D eigenvalue weighted by Crippen LogP contribution is 2.37. The Labute approximate surface area is 177 Å². The van der Waals surface area contributed by atoms with Crippen molar-refractivity contribution in [1.29, 1.82) is 0 Å². The van der Waals surface area contributed by atoms with Crippen LogP contribution in [0.25, 0.3) is 10.2 Å². The van der Waals surface area contributed by atoms with Gasteiger partial charge >= 0.3 is 5.69 Å². The summed E-state index contributed by atoms with van der Waals surface area (Å²) in [5, 5.41) is 4.37. The lowest BCUT2D eigenvalue weighted by atomic mass is 10.3. The summed E-state index contributed by atoms with van der Waals surface area (Å²) in [6.45, 7) is 2.45. The van der Waals surface area contributed by atoms with Gasteiger partial charge in [0.1, 0.15) is 9.04 Å². The average Bonchev–Trinajstić information content (AvgIpc) is 3.53. The van der Waals surface area contributed by atoms with Gasteiger partial charge in [0.25, 0.3) is 15.6 Å². The van der Waals surface area contributed by atoms with Gasteiger partial charge in [-0.3, -0.25) is 18.6 Å². The zero-order valence-electron chi connectivity index (χ0n) is 16.8. The van der Waals surface area contributed by atoms with Crippen LogP contribution >= 0.6 is 11.3 Å². The molecule has 0 radical (unpaired) electrons. The third kappa shape index (κ3) is 3.54. The van der Waals surface area contributed by atoms with E-state index >= 15 is 0 Å². The van der Waals surface area contributed by atoms with Gasteiger partial charge in [-0.15, -0.1) is 11.3 Å². The smallest absolute Gasteiger partial charge is 0.284 e. The number of aryl methyl sites for hydroxylation is 1. The van der Waals surface area contributed by atoms with Crippen molar-refractivity contribution in [3.63, 3.8) is 0 Å². The molecule has 2 aliphatic rings. The van der Waals surface area contributed by atoms with Gasteiger partial charge in [0.05, 0.1) is 18.1 Å². The van der Waals surface area contributed by atoms with Gasteiger partial charge in [-0.05, 0) is 44.6 Å². The van der Waals surface area contributed by atoms with Crippen molar-refractivity contribution < 1.29 is 8.42 Å². The molecule has 0 atom stereocenters. The zero-order valence-corrected chi connectivity index (χ0v) is 18.4. The van der Waals surface area contributed by atoms with Gasteiger partial charge in [0.2, 0.25) is 0 Å². The van der Waals surface area contributed by atoms with Gasteiger partial charge in [-0.2, -0.15) is 5.10 Å². The Morgan fingerprint density at radius 2 is 2.00 bits per heavy atom. The lowest BCUT2D eigenvalue weighted by Crippen LogP contribution is -2.40. The molecule has 0 bridgehead atoms. The standard InChI is InChI=1S/C19H23N5O4S2/c1-19(5-6-19)21-30(27,28)15-7-14-16(25)23(11-13-8-20-22(2)9-13)18(26)24(17(14)29-15)10-12-3-4-12/h7-9,12,21H,3-6,10-11H2,1-2H3. The molecule has 11 heteroatoms. The summed E-state index contributed by atoms with van der Waals surface area (Å²) in [6.07, 6.45) is 7.03. The van der Waals surface area contributed by atoms with Crippen molar-refractivity contribution >= 4 is 31.6 Å². The van der Waals surface area contributed by atoms with Crippen molar-refractivity contribution in [1.82, 2.24) is 23.6 Å². The highest BCUT2D eigenvalue weighted by molar-refractivity contribution is 7.91. The van der Waals surface area contributed by atoms with Crippen LogP contribution < -0.4 is 16.0 Å². The van der Waals surface area contributed by atoms with E-state index in [0.29, 0.717) is 17.3 Å². The summed E-state index contributed by atoms with van der Waals surface area (Å²) in [5.41, 5.74) is -0.554. The molecule has 1 N–H and O–H groups in total. The maximum atomic E-state index is 13.2. The first kappa shape index (κ1) is 19.7. The van der Waals surface area contributed by atoms with Crippen LogP contribution in [0, 0.1) is 5.92 Å². The Hall–Kier alpha value is -2.24. The first-order valence-electron chi connectivity index (χ1n) is 9.94. The van der Waals surface area contributed by atoms with Crippen LogP contribution in [0.15, 0.2) is 32.3 Å². The minimum Gasteiger partial charge on any atom is -0.284 e. The lowest BCUT2D eigenvalue weighted by Gasteiger charge is -2.11. The SMILES string of the molecule is Cn1cc(Cn2c(=O)c3cc(S(=O)(=O)NC4(C)CC4)sc3n(CC3CC3)c2=O)cn1. The first-order valence-corrected chi connectivity index (χ1v) is 12.2. The number of hydrogen-bond donors (Lipinski definition) is 1. The van der Waals surface area contributed by atoms with Crippen molar-refractivity contribution in [2.24, 2.45) is 13.0 Å². The molecule has 0 unspecified atom stereocenters. The monoisotopic (exact) mass is 449 g/mol. The molecule has 160 valence electrons. The summed E-state index contributed by atoms with van der Waals surface area (Å²) in [7, 11) is -1.99. The first-order chi connectivity index (χ1) is 14.2. The molecule has 0 saturated heterocycles. The molecule has 2 aliphatic carbocycles. The van der Waals surface area contributed by atoms with Crippen molar-refractivity contribution in [3.05, 3.63) is 44.9 Å². The molecule has 2 saturated carbocycles. The Morgan fingerprint density at radius 3 is 2.60 bits per heavy atom. The van der Waals surface area contributed by atoms with Crippen LogP contribution in [0.2, 0.25) is 0 Å². The summed E-state index contributed by atoms with van der Waals surface area (Å²) >= 11 is 0.999. The number of aromatic nitrogens is 4. The lowest BCUT2D eigenvalue weighted by molar-refractivity contribution is 0.560. The van der Waals surface area contributed by atoms with E-state index in [0.717, 1.165) is 42.6 Å². The Bertz CT molecular complexity index is 1370. The molecule has 0 spiro atoms. The van der Waals surface area contributed by atoms with E-state index in [4.69, 9.17) is 0 Å². The van der Waals surface area contributed by atoms with Crippen LogP contribution in [0.4, 0.5) is 0 Å². The van der Waals surface area contributed by atoms with Crippen LogP contribution in [0.5, 0.6) is 0 Å². The predicted molar refractivity (Wildman–Crippen MR) is 113 cm³/mol. The molecule has 0 aromatic carbocycles. The van der Waals surface area contributed by atoms with Crippen molar-refractivity contribution in [3.8, 4) is 0 Å². The summed E-state index contributed by atoms with van der Waals surface area (Å²) in [4.78, 5) is 26.8. The van der Waals surface area contributed by atoms with E-state index in [1.54, 1.807) is 28.7 Å². The number of rotatable bonds is 7. The number of nitrogens with one attached hydrogen (secondary N) is 1. The van der Waals surface area contributed by atoms with Gasteiger partial charge in [-0.25, -0.2) is 17.9 Å². The predicted octanol–water partition coefficient (Wildman–Crippen LogP) is 1.25.